The van der Waals surface area contributed by atoms with Crippen LogP contribution in [0, 0.1) is 28.6 Å². The molecule has 1 aromatic carbocycles. The Morgan fingerprint density at radius 3 is 2.11 bits per heavy atom. The summed E-state index contributed by atoms with van der Waals surface area (Å²) >= 11 is 0. The number of ether oxygens (including phenoxy) is 2. The zero-order chi connectivity index (χ0) is 45.7. The van der Waals surface area contributed by atoms with Crippen LogP contribution in [0.15, 0.2) is 70.7 Å². The molecule has 2 unspecified atom stereocenters. The SMILES string of the molecule is C=C1/C(=C\C=C2/CCC[C@]3(C)[C@@H]([C@H](C)C(O)C(CCC4(C5(CCC)OCCO5)CC4)S(=O)(=O)c4ccccc4)CC[C@@H]23)C[C@@H](O[Si](C)(C)C(C)(C)C)C[C@@H]1O[Si](C)(C)C(C)(C)C. The molecule has 7 nitrogen and oxygen atoms in total. The van der Waals surface area contributed by atoms with Gasteiger partial charge < -0.3 is 23.4 Å². The molecular weight excluding hydrogens is 825 g/mol. The van der Waals surface area contributed by atoms with Gasteiger partial charge >= 0.3 is 0 Å². The van der Waals surface area contributed by atoms with Crippen molar-refractivity contribution in [1.29, 1.82) is 0 Å². The maximum absolute atomic E-state index is 14.7. The summed E-state index contributed by atoms with van der Waals surface area (Å²) in [7, 11) is -7.95. The zero-order valence-electron chi connectivity index (χ0n) is 41.2. The summed E-state index contributed by atoms with van der Waals surface area (Å²) in [6.45, 7) is 35.9. The minimum atomic E-state index is -3.83. The number of aliphatic hydroxyl groups is 1. The lowest BCUT2D eigenvalue weighted by molar-refractivity contribution is -0.213. The number of hydrogen-bond acceptors (Lipinski definition) is 7. The fourth-order valence-electron chi connectivity index (χ4n) is 11.7. The van der Waals surface area contributed by atoms with E-state index in [4.69, 9.17) is 24.9 Å². The Bertz CT molecular complexity index is 1900. The molecule has 5 fully saturated rings. The smallest absolute Gasteiger partial charge is 0.192 e. The lowest BCUT2D eigenvalue weighted by Gasteiger charge is -2.46. The monoisotopic (exact) mass is 911 g/mol. The predicted octanol–water partition coefficient (Wildman–Crippen LogP) is 13.1. The van der Waals surface area contributed by atoms with Crippen LogP contribution in [0.2, 0.25) is 36.3 Å². The quantitative estimate of drug-likeness (QED) is 0.165. The molecule has 0 spiro atoms. The number of aliphatic hydroxyl groups excluding tert-OH is 1. The van der Waals surface area contributed by atoms with E-state index in [1.165, 1.54) is 11.1 Å². The second-order valence-corrected chi connectivity index (χ2v) is 35.3. The van der Waals surface area contributed by atoms with Gasteiger partial charge in [0.1, 0.15) is 0 Å². The largest absolute Gasteiger partial charge is 0.413 e. The number of sulfone groups is 1. The molecule has 1 N–H and O–H groups in total. The molecule has 4 saturated carbocycles. The van der Waals surface area contributed by atoms with Crippen LogP contribution in [0.25, 0.3) is 0 Å². The van der Waals surface area contributed by atoms with Gasteiger partial charge in [-0.25, -0.2) is 8.42 Å². The lowest BCUT2D eigenvalue weighted by Crippen LogP contribution is -2.49. The van der Waals surface area contributed by atoms with Crippen LogP contribution in [0.4, 0.5) is 0 Å². The summed E-state index contributed by atoms with van der Waals surface area (Å²) in [6, 6.07) is 8.82. The van der Waals surface area contributed by atoms with E-state index in [9.17, 15) is 13.5 Å². The summed E-state index contributed by atoms with van der Waals surface area (Å²) in [6.07, 6.45) is 15.5. The van der Waals surface area contributed by atoms with Crippen molar-refractivity contribution in [2.75, 3.05) is 13.2 Å². The molecule has 1 heterocycles. The van der Waals surface area contributed by atoms with Crippen molar-refractivity contribution in [2.45, 2.75) is 216 Å². The molecule has 1 aromatic rings. The van der Waals surface area contributed by atoms with Crippen molar-refractivity contribution >= 4 is 26.5 Å². The molecule has 350 valence electrons. The van der Waals surface area contributed by atoms with Crippen molar-refractivity contribution in [3.63, 3.8) is 0 Å². The van der Waals surface area contributed by atoms with Gasteiger partial charge in [0.05, 0.1) is 41.7 Å². The molecule has 0 amide bonds. The second kappa shape index (κ2) is 18.4. The van der Waals surface area contributed by atoms with Gasteiger partial charge in [0.15, 0.2) is 32.3 Å². The van der Waals surface area contributed by atoms with Crippen molar-refractivity contribution in [3.8, 4) is 0 Å². The van der Waals surface area contributed by atoms with Crippen LogP contribution in [-0.4, -0.2) is 72.7 Å². The maximum Gasteiger partial charge on any atom is 0.192 e. The Morgan fingerprint density at radius 1 is 0.919 bits per heavy atom. The van der Waals surface area contributed by atoms with Crippen molar-refractivity contribution in [3.05, 3.63) is 65.8 Å². The number of hydrogen-bond donors (Lipinski definition) is 1. The van der Waals surface area contributed by atoms with Crippen LogP contribution in [0.1, 0.15) is 146 Å². The normalized spacial score (nSPS) is 31.0. The van der Waals surface area contributed by atoms with Crippen LogP contribution < -0.4 is 0 Å². The molecule has 10 heteroatoms. The van der Waals surface area contributed by atoms with Gasteiger partial charge in [0, 0.05) is 18.3 Å². The highest BCUT2D eigenvalue weighted by atomic mass is 32.2. The van der Waals surface area contributed by atoms with Crippen LogP contribution in [0.3, 0.4) is 0 Å². The van der Waals surface area contributed by atoms with Gasteiger partial charge in [-0.2, -0.15) is 0 Å². The summed E-state index contributed by atoms with van der Waals surface area (Å²) in [5.74, 6) is -0.255. The number of allylic oxidation sites excluding steroid dienone is 3. The fourth-order valence-corrected chi connectivity index (χ4v) is 16.3. The van der Waals surface area contributed by atoms with Crippen LogP contribution >= 0.6 is 0 Å². The van der Waals surface area contributed by atoms with E-state index in [2.05, 4.69) is 101 Å². The van der Waals surface area contributed by atoms with Crippen LogP contribution in [0.5, 0.6) is 0 Å². The molecular formula is C52H86O7SSi2. The predicted molar refractivity (Wildman–Crippen MR) is 260 cm³/mol. The molecule has 4 aliphatic carbocycles. The van der Waals surface area contributed by atoms with Gasteiger partial charge in [0.25, 0.3) is 0 Å². The molecule has 6 rings (SSSR count). The molecule has 5 aliphatic rings. The Morgan fingerprint density at radius 2 is 1.53 bits per heavy atom. The van der Waals surface area contributed by atoms with E-state index in [0.717, 1.165) is 76.2 Å². The highest BCUT2D eigenvalue weighted by molar-refractivity contribution is 7.92. The van der Waals surface area contributed by atoms with E-state index in [1.807, 2.05) is 6.07 Å². The van der Waals surface area contributed by atoms with Gasteiger partial charge in [-0.1, -0.05) is 111 Å². The van der Waals surface area contributed by atoms with E-state index in [1.54, 1.807) is 24.3 Å². The Kier molecular flexibility index (Phi) is 14.8. The minimum Gasteiger partial charge on any atom is -0.413 e. The Hall–Kier alpha value is -1.38. The highest BCUT2D eigenvalue weighted by Gasteiger charge is 2.63. The topological polar surface area (TPSA) is 91.3 Å². The van der Waals surface area contributed by atoms with Gasteiger partial charge in [-0.3, -0.25) is 0 Å². The summed E-state index contributed by atoms with van der Waals surface area (Å²) < 4.78 is 56.3. The minimum absolute atomic E-state index is 0.0377. The average Bonchev–Trinajstić information content (AvgIpc) is 3.67. The summed E-state index contributed by atoms with van der Waals surface area (Å²) in [4.78, 5) is 0.294. The molecule has 1 saturated heterocycles. The molecule has 0 aromatic heterocycles. The fraction of sp³-hybridized carbons (Fsp3) is 0.769. The van der Waals surface area contributed by atoms with E-state index in [-0.39, 0.29) is 45.0 Å². The van der Waals surface area contributed by atoms with Gasteiger partial charge in [0.2, 0.25) is 0 Å². The van der Waals surface area contributed by atoms with E-state index >= 15 is 0 Å². The molecule has 0 bridgehead atoms. The van der Waals surface area contributed by atoms with Crippen molar-refractivity contribution in [1.82, 2.24) is 0 Å². The Labute approximate surface area is 380 Å². The zero-order valence-corrected chi connectivity index (χ0v) is 44.0. The third kappa shape index (κ3) is 9.84. The van der Waals surface area contributed by atoms with Gasteiger partial charge in [-0.05, 0) is 147 Å². The molecule has 8 atom stereocenters. The average molecular weight is 911 g/mol. The van der Waals surface area contributed by atoms with E-state index < -0.39 is 43.6 Å². The first-order chi connectivity index (χ1) is 28.7. The molecule has 0 radical (unpaired) electrons. The maximum atomic E-state index is 14.7. The third-order valence-corrected chi connectivity index (χ3v) is 29.0. The number of benzene rings is 1. The molecule has 1 aliphatic heterocycles. The number of fused-ring (bicyclic) bond motifs is 1. The summed E-state index contributed by atoms with van der Waals surface area (Å²) in [5.41, 5.74) is 3.60. The molecule has 62 heavy (non-hydrogen) atoms. The van der Waals surface area contributed by atoms with Gasteiger partial charge in [-0.15, -0.1) is 0 Å². The second-order valence-electron chi connectivity index (χ2n) is 23.6. The van der Waals surface area contributed by atoms with Crippen LogP contribution in [-0.2, 0) is 28.2 Å². The van der Waals surface area contributed by atoms with Crippen molar-refractivity contribution < 1.29 is 31.9 Å². The standard InChI is InChI=1S/C52H86O7SSi2/c1-15-28-52(56-33-34-57-52)51(31-32-51)30-27-46(60(54,55)42-21-17-16-18-22-42)47(53)38(3)43-25-26-44-39(20-19-29-50(43,44)10)23-24-40-35-41(58-61(11,12)48(4,5)6)36-45(37(40)2)59-62(13,14)49(7,8)9/h16-18,21-24,38,41,43-47,53H,2,15,19-20,25-36H2,1,3-14H3/b39-23+,40-24-/t38-,41+,43+,44-,45-,46?,47?,50+/m0/s1. The highest BCUT2D eigenvalue weighted by Crippen LogP contribution is 2.63. The first-order valence-electron chi connectivity index (χ1n) is 24.4. The van der Waals surface area contributed by atoms with Crippen molar-refractivity contribution in [2.24, 2.45) is 28.6 Å². The summed E-state index contributed by atoms with van der Waals surface area (Å²) in [5, 5.41) is 11.9. The Balaban J connectivity index is 1.26. The number of rotatable bonds is 16. The first-order valence-corrected chi connectivity index (χ1v) is 31.8. The third-order valence-electron chi connectivity index (χ3n) is 17.7. The van der Waals surface area contributed by atoms with E-state index in [0.29, 0.717) is 36.9 Å². The lowest BCUT2D eigenvalue weighted by atomic mass is 9.60. The first kappa shape index (κ1) is 50.0.